The highest BCUT2D eigenvalue weighted by atomic mass is 32.2. The van der Waals surface area contributed by atoms with E-state index >= 15 is 0 Å². The summed E-state index contributed by atoms with van der Waals surface area (Å²) in [5.74, 6) is -0.623. The Hall–Kier alpha value is -3.83. The van der Waals surface area contributed by atoms with Gasteiger partial charge in [-0.15, -0.1) is 0 Å². The number of hydrogen-bond acceptors (Lipinski definition) is 6. The molecule has 0 saturated carbocycles. The van der Waals surface area contributed by atoms with Crippen LogP contribution >= 0.6 is 0 Å². The second-order valence-corrected chi connectivity index (χ2v) is 7.51. The predicted molar refractivity (Wildman–Crippen MR) is 103 cm³/mol. The molecule has 0 aliphatic rings. The van der Waals surface area contributed by atoms with Crippen LogP contribution in [0.25, 0.3) is 28.1 Å². The minimum Gasteiger partial charge on any atom is -0.366 e. The number of nitrogens with two attached hydrogens (primary N) is 1. The Morgan fingerprint density at radius 2 is 1.86 bits per heavy atom. The molecular formula is C18H14N6O4S. The molecule has 10 nitrogen and oxygen atoms in total. The Labute approximate surface area is 164 Å². The van der Waals surface area contributed by atoms with E-state index in [-0.39, 0.29) is 10.5 Å². The van der Waals surface area contributed by atoms with Gasteiger partial charge in [-0.05, 0) is 35.9 Å². The maximum atomic E-state index is 11.7. The smallest absolute Gasteiger partial charge is 0.297 e. The fraction of sp³-hybridized carbons (Fsp3) is 0. The monoisotopic (exact) mass is 410 g/mol. The third-order valence-electron chi connectivity index (χ3n) is 4.28. The molecule has 0 aliphatic heterocycles. The van der Waals surface area contributed by atoms with Crippen LogP contribution in [0.5, 0.6) is 0 Å². The van der Waals surface area contributed by atoms with E-state index in [2.05, 4.69) is 20.3 Å². The first-order valence-corrected chi connectivity index (χ1v) is 9.69. The number of nitrogens with zero attached hydrogens (tertiary/aromatic N) is 4. The van der Waals surface area contributed by atoms with Gasteiger partial charge >= 0.3 is 0 Å². The zero-order valence-electron chi connectivity index (χ0n) is 14.7. The van der Waals surface area contributed by atoms with Gasteiger partial charge < -0.3 is 5.73 Å². The number of H-pyrrole nitrogens is 1. The van der Waals surface area contributed by atoms with Crippen molar-refractivity contribution in [1.82, 2.24) is 25.0 Å². The van der Waals surface area contributed by atoms with Gasteiger partial charge in [-0.3, -0.25) is 19.4 Å². The van der Waals surface area contributed by atoms with E-state index < -0.39 is 16.0 Å². The van der Waals surface area contributed by atoms with Crippen molar-refractivity contribution in [3.05, 3.63) is 66.9 Å². The van der Waals surface area contributed by atoms with Crippen LogP contribution in [0, 0.1) is 0 Å². The van der Waals surface area contributed by atoms with Crippen LogP contribution in [0.15, 0.2) is 66.2 Å². The van der Waals surface area contributed by atoms with E-state index in [9.17, 15) is 17.8 Å². The molecule has 0 aliphatic carbocycles. The highest BCUT2D eigenvalue weighted by molar-refractivity contribution is 7.85. The summed E-state index contributed by atoms with van der Waals surface area (Å²) < 4.78 is 33.3. The fourth-order valence-electron chi connectivity index (χ4n) is 2.90. The largest absolute Gasteiger partial charge is 0.366 e. The lowest BCUT2D eigenvalue weighted by molar-refractivity contribution is 0.100. The summed E-state index contributed by atoms with van der Waals surface area (Å²) in [7, 11) is -4.41. The SMILES string of the molecule is NC(=O)c1ccc(-n2cc(S(=O)(=O)O)cn2)c(-c2[nH]ncc2-c2ccncc2)c1. The van der Waals surface area contributed by atoms with Gasteiger partial charge in [-0.25, -0.2) is 4.68 Å². The van der Waals surface area contributed by atoms with Crippen LogP contribution in [0.1, 0.15) is 10.4 Å². The molecule has 0 saturated heterocycles. The quantitative estimate of drug-likeness (QED) is 0.422. The van der Waals surface area contributed by atoms with Gasteiger partial charge in [0.1, 0.15) is 4.90 Å². The van der Waals surface area contributed by atoms with E-state index in [0.717, 1.165) is 17.3 Å². The lowest BCUT2D eigenvalue weighted by atomic mass is 9.99. The number of benzene rings is 1. The van der Waals surface area contributed by atoms with Crippen molar-refractivity contribution in [3.63, 3.8) is 0 Å². The number of aromatic nitrogens is 5. The van der Waals surface area contributed by atoms with Crippen molar-refractivity contribution < 1.29 is 17.8 Å². The van der Waals surface area contributed by atoms with Gasteiger partial charge in [-0.1, -0.05) is 0 Å². The Bertz CT molecular complexity index is 1310. The molecule has 4 aromatic rings. The second kappa shape index (κ2) is 6.96. The maximum Gasteiger partial charge on any atom is 0.297 e. The Kier molecular flexibility index (Phi) is 4.45. The predicted octanol–water partition coefficient (Wildman–Crippen LogP) is 1.67. The summed E-state index contributed by atoms with van der Waals surface area (Å²) in [6.07, 6.45) is 7.09. The Morgan fingerprint density at radius 3 is 2.52 bits per heavy atom. The van der Waals surface area contributed by atoms with Crippen molar-refractivity contribution in [1.29, 1.82) is 0 Å². The number of aromatic amines is 1. The number of primary amides is 1. The number of amides is 1. The van der Waals surface area contributed by atoms with Crippen LogP contribution in [0.2, 0.25) is 0 Å². The summed E-state index contributed by atoms with van der Waals surface area (Å²) in [4.78, 5) is 15.4. The number of carbonyl (C=O) groups excluding carboxylic acids is 1. The maximum absolute atomic E-state index is 11.7. The van der Waals surface area contributed by atoms with E-state index in [0.29, 0.717) is 16.9 Å². The van der Waals surface area contributed by atoms with E-state index in [1.807, 2.05) is 0 Å². The highest BCUT2D eigenvalue weighted by Crippen LogP contribution is 2.34. The molecule has 1 aromatic carbocycles. The molecule has 0 radical (unpaired) electrons. The van der Waals surface area contributed by atoms with Gasteiger partial charge in [0.25, 0.3) is 10.1 Å². The third-order valence-corrected chi connectivity index (χ3v) is 5.09. The van der Waals surface area contributed by atoms with Crippen LogP contribution < -0.4 is 5.73 Å². The molecule has 11 heteroatoms. The summed E-state index contributed by atoms with van der Waals surface area (Å²) >= 11 is 0. The van der Waals surface area contributed by atoms with Crippen molar-refractivity contribution in [2.24, 2.45) is 5.73 Å². The molecule has 146 valence electrons. The Balaban J connectivity index is 1.94. The fourth-order valence-corrected chi connectivity index (χ4v) is 3.32. The molecule has 1 amide bonds. The first-order chi connectivity index (χ1) is 13.8. The standard InChI is InChI=1S/C18H14N6O4S/c19-18(25)12-1-2-16(24-10-13(8-22-24)29(26,27)28)14(7-12)17-15(9-21-23-17)11-3-5-20-6-4-11/h1-10H,(H2,19,25)(H,21,23)(H,26,27,28). The molecule has 29 heavy (non-hydrogen) atoms. The minimum atomic E-state index is -4.41. The van der Waals surface area contributed by atoms with Crippen molar-refractivity contribution in [2.75, 3.05) is 0 Å². The van der Waals surface area contributed by atoms with Crippen LogP contribution in [-0.4, -0.2) is 43.8 Å². The normalized spacial score (nSPS) is 11.5. The first kappa shape index (κ1) is 18.5. The summed E-state index contributed by atoms with van der Waals surface area (Å²) in [5, 5.41) is 11.0. The van der Waals surface area contributed by atoms with E-state index in [1.54, 1.807) is 42.9 Å². The van der Waals surface area contributed by atoms with Gasteiger partial charge in [0.2, 0.25) is 5.91 Å². The number of hydrogen-bond donors (Lipinski definition) is 3. The van der Waals surface area contributed by atoms with Gasteiger partial charge in [0, 0.05) is 29.1 Å². The van der Waals surface area contributed by atoms with Gasteiger partial charge in [-0.2, -0.15) is 18.6 Å². The molecule has 0 bridgehead atoms. The molecule has 0 fully saturated rings. The van der Waals surface area contributed by atoms with E-state index in [4.69, 9.17) is 5.73 Å². The average molecular weight is 410 g/mol. The second-order valence-electron chi connectivity index (χ2n) is 6.09. The number of carbonyl (C=O) groups is 1. The molecule has 3 heterocycles. The van der Waals surface area contributed by atoms with Crippen LogP contribution in [0.3, 0.4) is 0 Å². The number of pyridine rings is 1. The van der Waals surface area contributed by atoms with Crippen LogP contribution in [0.4, 0.5) is 0 Å². The van der Waals surface area contributed by atoms with Crippen LogP contribution in [-0.2, 0) is 10.1 Å². The Morgan fingerprint density at radius 1 is 1.10 bits per heavy atom. The summed E-state index contributed by atoms with van der Waals surface area (Å²) in [6.45, 7) is 0. The minimum absolute atomic E-state index is 0.251. The van der Waals surface area contributed by atoms with Crippen molar-refractivity contribution in [2.45, 2.75) is 4.90 Å². The highest BCUT2D eigenvalue weighted by Gasteiger charge is 2.19. The lowest BCUT2D eigenvalue weighted by Gasteiger charge is -2.12. The van der Waals surface area contributed by atoms with E-state index in [1.165, 1.54) is 16.9 Å². The molecule has 3 aromatic heterocycles. The molecule has 0 unspecified atom stereocenters. The topological polar surface area (TPSA) is 157 Å². The molecular weight excluding hydrogens is 396 g/mol. The number of nitrogens with one attached hydrogen (secondary N) is 1. The molecule has 4 N–H and O–H groups in total. The number of rotatable bonds is 5. The third kappa shape index (κ3) is 3.51. The molecule has 0 atom stereocenters. The lowest BCUT2D eigenvalue weighted by Crippen LogP contribution is -2.11. The average Bonchev–Trinajstić information content (AvgIpc) is 3.37. The summed E-state index contributed by atoms with van der Waals surface area (Å²) in [5.41, 5.74) is 8.77. The van der Waals surface area contributed by atoms with Crippen molar-refractivity contribution in [3.8, 4) is 28.1 Å². The molecule has 4 rings (SSSR count). The first-order valence-electron chi connectivity index (χ1n) is 8.25. The van der Waals surface area contributed by atoms with Crippen molar-refractivity contribution >= 4 is 16.0 Å². The zero-order valence-corrected chi connectivity index (χ0v) is 15.5. The van der Waals surface area contributed by atoms with Gasteiger partial charge in [0.15, 0.2) is 0 Å². The van der Waals surface area contributed by atoms with Gasteiger partial charge in [0.05, 0.1) is 30.0 Å². The summed E-state index contributed by atoms with van der Waals surface area (Å²) in [6, 6.07) is 8.24. The zero-order chi connectivity index (χ0) is 20.6. The molecule has 0 spiro atoms.